The van der Waals surface area contributed by atoms with Crippen LogP contribution >= 0.6 is 0 Å². The molecule has 76 valence electrons. The SMILES string of the molecule is CCOCC(=O)C1(CC)CCCC1. The summed E-state index contributed by atoms with van der Waals surface area (Å²) in [6.45, 7) is 5.02. The number of hydrogen-bond acceptors (Lipinski definition) is 2. The molecule has 0 spiro atoms. The van der Waals surface area contributed by atoms with Gasteiger partial charge in [0.2, 0.25) is 0 Å². The second-order valence-electron chi connectivity index (χ2n) is 3.90. The van der Waals surface area contributed by atoms with E-state index in [2.05, 4.69) is 6.92 Å². The minimum absolute atomic E-state index is 0.0187. The van der Waals surface area contributed by atoms with Gasteiger partial charge in [-0.2, -0.15) is 0 Å². The Labute approximate surface area is 80.7 Å². The molecule has 2 nitrogen and oxygen atoms in total. The molecule has 0 heterocycles. The second-order valence-corrected chi connectivity index (χ2v) is 3.90. The zero-order valence-electron chi connectivity index (χ0n) is 8.77. The molecule has 1 fully saturated rings. The molecule has 2 heteroatoms. The lowest BCUT2D eigenvalue weighted by Gasteiger charge is -2.25. The molecule has 1 aliphatic rings. The average Bonchev–Trinajstić information content (AvgIpc) is 2.63. The number of carbonyl (C=O) groups is 1. The molecule has 0 bridgehead atoms. The summed E-state index contributed by atoms with van der Waals surface area (Å²) >= 11 is 0. The molecule has 13 heavy (non-hydrogen) atoms. The van der Waals surface area contributed by atoms with Gasteiger partial charge >= 0.3 is 0 Å². The van der Waals surface area contributed by atoms with Gasteiger partial charge in [-0.3, -0.25) is 4.79 Å². The van der Waals surface area contributed by atoms with Crippen LogP contribution in [0.1, 0.15) is 46.0 Å². The number of ketones is 1. The van der Waals surface area contributed by atoms with Gasteiger partial charge in [0.25, 0.3) is 0 Å². The minimum Gasteiger partial charge on any atom is -0.374 e. The largest absolute Gasteiger partial charge is 0.374 e. The van der Waals surface area contributed by atoms with Crippen LogP contribution in [0.5, 0.6) is 0 Å². The molecule has 1 rings (SSSR count). The quantitative estimate of drug-likeness (QED) is 0.656. The van der Waals surface area contributed by atoms with Crippen LogP contribution in [0.15, 0.2) is 0 Å². The summed E-state index contributed by atoms with van der Waals surface area (Å²) in [6, 6.07) is 0. The van der Waals surface area contributed by atoms with Gasteiger partial charge in [0, 0.05) is 12.0 Å². The highest BCUT2D eigenvalue weighted by molar-refractivity contribution is 5.86. The van der Waals surface area contributed by atoms with Crippen LogP contribution in [-0.2, 0) is 9.53 Å². The zero-order chi connectivity index (χ0) is 9.73. The molecule has 0 saturated heterocycles. The molecule has 1 saturated carbocycles. The van der Waals surface area contributed by atoms with Gasteiger partial charge in [0.05, 0.1) is 0 Å². The maximum Gasteiger partial charge on any atom is 0.164 e. The predicted molar refractivity (Wildman–Crippen MR) is 52.7 cm³/mol. The third-order valence-corrected chi connectivity index (χ3v) is 3.27. The lowest BCUT2D eigenvalue weighted by atomic mass is 9.79. The fraction of sp³-hybridized carbons (Fsp3) is 0.909. The lowest BCUT2D eigenvalue weighted by Crippen LogP contribution is -2.30. The van der Waals surface area contributed by atoms with E-state index in [0.717, 1.165) is 19.3 Å². The van der Waals surface area contributed by atoms with Gasteiger partial charge < -0.3 is 4.74 Å². The normalized spacial score (nSPS) is 20.5. The standard InChI is InChI=1S/C11H20O2/c1-3-11(7-5-6-8-11)10(12)9-13-4-2/h3-9H2,1-2H3. The molecule has 1 aliphatic carbocycles. The first-order valence-corrected chi connectivity index (χ1v) is 5.36. The number of rotatable bonds is 5. The maximum atomic E-state index is 11.8. The summed E-state index contributed by atoms with van der Waals surface area (Å²) in [4.78, 5) is 11.8. The summed E-state index contributed by atoms with van der Waals surface area (Å²) in [5, 5.41) is 0. The van der Waals surface area contributed by atoms with Crippen molar-refractivity contribution in [2.75, 3.05) is 13.2 Å². The molecule has 0 aromatic rings. The smallest absolute Gasteiger partial charge is 0.164 e. The van der Waals surface area contributed by atoms with Crippen molar-refractivity contribution in [3.8, 4) is 0 Å². The van der Waals surface area contributed by atoms with Crippen molar-refractivity contribution in [3.63, 3.8) is 0 Å². The van der Waals surface area contributed by atoms with Crippen molar-refractivity contribution in [3.05, 3.63) is 0 Å². The lowest BCUT2D eigenvalue weighted by molar-refractivity contribution is -0.133. The van der Waals surface area contributed by atoms with Gasteiger partial charge in [-0.05, 0) is 26.2 Å². The highest BCUT2D eigenvalue weighted by atomic mass is 16.5. The average molecular weight is 184 g/mol. The fourth-order valence-electron chi connectivity index (χ4n) is 2.23. The van der Waals surface area contributed by atoms with Crippen LogP contribution in [0.2, 0.25) is 0 Å². The van der Waals surface area contributed by atoms with Crippen molar-refractivity contribution >= 4 is 5.78 Å². The topological polar surface area (TPSA) is 26.3 Å². The van der Waals surface area contributed by atoms with Crippen molar-refractivity contribution in [1.29, 1.82) is 0 Å². The molecule has 0 aromatic heterocycles. The van der Waals surface area contributed by atoms with Crippen molar-refractivity contribution < 1.29 is 9.53 Å². The molecular weight excluding hydrogens is 164 g/mol. The number of Topliss-reactive ketones (excluding diaryl/α,β-unsaturated/α-hetero) is 1. The molecule has 0 N–H and O–H groups in total. The Hall–Kier alpha value is -0.370. The summed E-state index contributed by atoms with van der Waals surface area (Å²) in [5.41, 5.74) is -0.0187. The molecule has 0 aliphatic heterocycles. The summed E-state index contributed by atoms with van der Waals surface area (Å²) < 4.78 is 5.19. The van der Waals surface area contributed by atoms with E-state index in [9.17, 15) is 4.79 Å². The Bertz CT molecular complexity index is 169. The van der Waals surface area contributed by atoms with Crippen LogP contribution < -0.4 is 0 Å². The highest BCUT2D eigenvalue weighted by Crippen LogP contribution is 2.41. The summed E-state index contributed by atoms with van der Waals surface area (Å²) in [6.07, 6.45) is 5.57. The maximum absolute atomic E-state index is 11.8. The third kappa shape index (κ3) is 2.31. The Morgan fingerprint density at radius 2 is 1.92 bits per heavy atom. The van der Waals surface area contributed by atoms with E-state index in [1.165, 1.54) is 12.8 Å². The van der Waals surface area contributed by atoms with Crippen LogP contribution in [-0.4, -0.2) is 19.0 Å². The van der Waals surface area contributed by atoms with Crippen molar-refractivity contribution in [2.45, 2.75) is 46.0 Å². The Morgan fingerprint density at radius 3 is 2.38 bits per heavy atom. The first kappa shape index (κ1) is 10.7. The van der Waals surface area contributed by atoms with E-state index >= 15 is 0 Å². The first-order chi connectivity index (χ1) is 6.25. The van der Waals surface area contributed by atoms with Gasteiger partial charge in [-0.1, -0.05) is 19.8 Å². The first-order valence-electron chi connectivity index (χ1n) is 5.36. The van der Waals surface area contributed by atoms with E-state index in [1.54, 1.807) is 0 Å². The molecule has 0 amide bonds. The number of carbonyl (C=O) groups excluding carboxylic acids is 1. The van der Waals surface area contributed by atoms with Gasteiger partial charge in [0.15, 0.2) is 5.78 Å². The molecule has 0 atom stereocenters. The summed E-state index contributed by atoms with van der Waals surface area (Å²) in [5.74, 6) is 0.328. The van der Waals surface area contributed by atoms with Gasteiger partial charge in [0.1, 0.15) is 6.61 Å². The monoisotopic (exact) mass is 184 g/mol. The minimum atomic E-state index is -0.0187. The third-order valence-electron chi connectivity index (χ3n) is 3.27. The Balaban J connectivity index is 2.49. The molecule has 0 radical (unpaired) electrons. The van der Waals surface area contributed by atoms with E-state index in [-0.39, 0.29) is 5.41 Å². The van der Waals surface area contributed by atoms with E-state index in [1.807, 2.05) is 6.92 Å². The van der Waals surface area contributed by atoms with Gasteiger partial charge in [-0.15, -0.1) is 0 Å². The van der Waals surface area contributed by atoms with E-state index in [0.29, 0.717) is 19.0 Å². The van der Waals surface area contributed by atoms with Gasteiger partial charge in [-0.25, -0.2) is 0 Å². The molecule has 0 unspecified atom stereocenters. The predicted octanol–water partition coefficient (Wildman–Crippen LogP) is 2.56. The molecular formula is C11H20O2. The van der Waals surface area contributed by atoms with Crippen molar-refractivity contribution in [2.24, 2.45) is 5.41 Å². The highest BCUT2D eigenvalue weighted by Gasteiger charge is 2.38. The van der Waals surface area contributed by atoms with Crippen molar-refractivity contribution in [1.82, 2.24) is 0 Å². The zero-order valence-corrected chi connectivity index (χ0v) is 8.77. The number of ether oxygens (including phenoxy) is 1. The van der Waals surface area contributed by atoms with E-state index < -0.39 is 0 Å². The Morgan fingerprint density at radius 1 is 1.31 bits per heavy atom. The Kier molecular flexibility index (Phi) is 3.91. The second kappa shape index (κ2) is 4.75. The summed E-state index contributed by atoms with van der Waals surface area (Å²) in [7, 11) is 0. The van der Waals surface area contributed by atoms with Crippen LogP contribution in [0.25, 0.3) is 0 Å². The molecule has 0 aromatic carbocycles. The fourth-order valence-corrected chi connectivity index (χ4v) is 2.23. The van der Waals surface area contributed by atoms with E-state index in [4.69, 9.17) is 4.74 Å². The van der Waals surface area contributed by atoms with Crippen LogP contribution in [0.3, 0.4) is 0 Å². The van der Waals surface area contributed by atoms with Crippen LogP contribution in [0, 0.1) is 5.41 Å². The number of hydrogen-bond donors (Lipinski definition) is 0. The van der Waals surface area contributed by atoms with Crippen LogP contribution in [0.4, 0.5) is 0 Å².